The van der Waals surface area contributed by atoms with E-state index in [9.17, 15) is 0 Å². The molecular formula is C42H33NSi. The van der Waals surface area contributed by atoms with Crippen LogP contribution in [0.2, 0.25) is 0 Å². The lowest BCUT2D eigenvalue weighted by Crippen LogP contribution is -2.74. The largest absolute Gasteiger partial charge is 0.355 e. The minimum absolute atomic E-state index is 1.08. The second-order valence-corrected chi connectivity index (χ2v) is 14.8. The standard InChI is InChI=1S/C42H33NSi/c1-5-15-33(16-6-1)34-25-29-39(30-26-34)44(37-19-9-3-10-20-37,38-21-11-4-12-22-38)40-31-27-35(28-32-40)41-23-13-14-24-42(41)43-36-17-7-2-8-18-36/h1-32,43H. The summed E-state index contributed by atoms with van der Waals surface area (Å²) in [5.74, 6) is 0. The summed E-state index contributed by atoms with van der Waals surface area (Å²) in [5.41, 5.74) is 7.01. The Morgan fingerprint density at radius 2 is 0.682 bits per heavy atom. The normalized spacial score (nSPS) is 11.2. The first kappa shape index (κ1) is 27.4. The van der Waals surface area contributed by atoms with Crippen molar-refractivity contribution < 1.29 is 0 Å². The van der Waals surface area contributed by atoms with Gasteiger partial charge in [-0.1, -0.05) is 176 Å². The Bertz CT molecular complexity index is 1900. The highest BCUT2D eigenvalue weighted by molar-refractivity contribution is 7.19. The van der Waals surface area contributed by atoms with E-state index in [1.165, 1.54) is 43.0 Å². The van der Waals surface area contributed by atoms with Crippen molar-refractivity contribution in [3.05, 3.63) is 194 Å². The van der Waals surface area contributed by atoms with E-state index in [0.717, 1.165) is 11.4 Å². The molecule has 2 heteroatoms. The number of hydrogen-bond donors (Lipinski definition) is 1. The van der Waals surface area contributed by atoms with Crippen LogP contribution in [0.4, 0.5) is 11.4 Å². The van der Waals surface area contributed by atoms with Crippen molar-refractivity contribution in [1.82, 2.24) is 0 Å². The zero-order valence-corrected chi connectivity index (χ0v) is 25.5. The van der Waals surface area contributed by atoms with E-state index in [2.05, 4.69) is 193 Å². The number of para-hydroxylation sites is 2. The average Bonchev–Trinajstić information content (AvgIpc) is 3.11. The molecule has 0 fully saturated rings. The van der Waals surface area contributed by atoms with Gasteiger partial charge < -0.3 is 5.32 Å². The molecule has 7 aromatic rings. The summed E-state index contributed by atoms with van der Waals surface area (Å²) >= 11 is 0. The van der Waals surface area contributed by atoms with Gasteiger partial charge in [-0.2, -0.15) is 0 Å². The van der Waals surface area contributed by atoms with E-state index in [4.69, 9.17) is 0 Å². The Labute approximate surface area is 261 Å². The quantitative estimate of drug-likeness (QED) is 0.142. The molecule has 7 rings (SSSR count). The number of benzene rings is 7. The maximum absolute atomic E-state index is 3.62. The topological polar surface area (TPSA) is 12.0 Å². The minimum Gasteiger partial charge on any atom is -0.355 e. The van der Waals surface area contributed by atoms with Gasteiger partial charge in [-0.15, -0.1) is 0 Å². The molecule has 0 spiro atoms. The lowest BCUT2D eigenvalue weighted by molar-refractivity contribution is 1.53. The molecule has 0 aliphatic rings. The van der Waals surface area contributed by atoms with Gasteiger partial charge in [0.15, 0.2) is 8.07 Å². The van der Waals surface area contributed by atoms with Crippen molar-refractivity contribution in [2.45, 2.75) is 0 Å². The average molecular weight is 580 g/mol. The fourth-order valence-corrected chi connectivity index (χ4v) is 11.1. The fraction of sp³-hybridized carbons (Fsp3) is 0. The van der Waals surface area contributed by atoms with Crippen LogP contribution >= 0.6 is 0 Å². The third-order valence-corrected chi connectivity index (χ3v) is 13.2. The van der Waals surface area contributed by atoms with Gasteiger partial charge in [0.25, 0.3) is 0 Å². The van der Waals surface area contributed by atoms with Crippen molar-refractivity contribution >= 4 is 40.2 Å². The highest BCUT2D eigenvalue weighted by atomic mass is 28.3. The number of rotatable bonds is 8. The van der Waals surface area contributed by atoms with Crippen molar-refractivity contribution in [1.29, 1.82) is 0 Å². The summed E-state index contributed by atoms with van der Waals surface area (Å²) in [6.07, 6.45) is 0. The molecule has 0 radical (unpaired) electrons. The predicted molar refractivity (Wildman–Crippen MR) is 191 cm³/mol. The fourth-order valence-electron chi connectivity index (χ4n) is 6.34. The molecule has 1 N–H and O–H groups in total. The van der Waals surface area contributed by atoms with E-state index in [0.29, 0.717) is 0 Å². The molecule has 210 valence electrons. The van der Waals surface area contributed by atoms with Crippen molar-refractivity contribution in [2.75, 3.05) is 5.32 Å². The van der Waals surface area contributed by atoms with Crippen LogP contribution in [0.5, 0.6) is 0 Å². The van der Waals surface area contributed by atoms with E-state index >= 15 is 0 Å². The maximum Gasteiger partial charge on any atom is 0.179 e. The van der Waals surface area contributed by atoms with Crippen LogP contribution < -0.4 is 26.1 Å². The van der Waals surface area contributed by atoms with Gasteiger partial charge in [0.2, 0.25) is 0 Å². The van der Waals surface area contributed by atoms with Crippen molar-refractivity contribution in [3.63, 3.8) is 0 Å². The zero-order chi connectivity index (χ0) is 29.6. The molecule has 0 saturated heterocycles. The van der Waals surface area contributed by atoms with Gasteiger partial charge in [-0.05, 0) is 55.6 Å². The Kier molecular flexibility index (Phi) is 7.74. The summed E-state index contributed by atoms with van der Waals surface area (Å²) in [7, 11) is -2.64. The maximum atomic E-state index is 3.62. The molecule has 0 bridgehead atoms. The SMILES string of the molecule is c1ccc(Nc2ccccc2-c2ccc([Si](c3ccccc3)(c3ccccc3)c3ccc(-c4ccccc4)cc3)cc2)cc1. The Balaban J connectivity index is 1.38. The van der Waals surface area contributed by atoms with Gasteiger partial charge in [0.05, 0.1) is 0 Å². The summed E-state index contributed by atoms with van der Waals surface area (Å²) in [4.78, 5) is 0. The van der Waals surface area contributed by atoms with Crippen molar-refractivity contribution in [2.24, 2.45) is 0 Å². The summed E-state index contributed by atoms with van der Waals surface area (Å²) in [5, 5.41) is 9.10. The van der Waals surface area contributed by atoms with E-state index < -0.39 is 8.07 Å². The molecule has 0 atom stereocenters. The van der Waals surface area contributed by atoms with Gasteiger partial charge >= 0.3 is 0 Å². The lowest BCUT2D eigenvalue weighted by atomic mass is 10.0. The monoisotopic (exact) mass is 579 g/mol. The van der Waals surface area contributed by atoms with Crippen molar-refractivity contribution in [3.8, 4) is 22.3 Å². The predicted octanol–water partition coefficient (Wildman–Crippen LogP) is 8.14. The van der Waals surface area contributed by atoms with Gasteiger partial charge in [-0.3, -0.25) is 0 Å². The number of hydrogen-bond acceptors (Lipinski definition) is 1. The summed E-state index contributed by atoms with van der Waals surface area (Å²) < 4.78 is 0. The highest BCUT2D eigenvalue weighted by Gasteiger charge is 2.41. The van der Waals surface area contributed by atoms with Gasteiger partial charge in [-0.25, -0.2) is 0 Å². The second-order valence-electron chi connectivity index (χ2n) is 11.0. The van der Waals surface area contributed by atoms with E-state index in [1.54, 1.807) is 0 Å². The van der Waals surface area contributed by atoms with Gasteiger partial charge in [0, 0.05) is 16.9 Å². The van der Waals surface area contributed by atoms with Crippen LogP contribution in [0.3, 0.4) is 0 Å². The molecule has 0 heterocycles. The Hall–Kier alpha value is -5.44. The first-order valence-electron chi connectivity index (χ1n) is 15.1. The molecule has 44 heavy (non-hydrogen) atoms. The summed E-state index contributed by atoms with van der Waals surface area (Å²) in [6.45, 7) is 0. The highest BCUT2D eigenvalue weighted by Crippen LogP contribution is 2.30. The van der Waals surface area contributed by atoms with Crippen LogP contribution in [0, 0.1) is 0 Å². The molecule has 0 aliphatic heterocycles. The lowest BCUT2D eigenvalue weighted by Gasteiger charge is -2.34. The Morgan fingerprint density at radius 3 is 1.23 bits per heavy atom. The molecule has 0 aliphatic carbocycles. The van der Waals surface area contributed by atoms with Crippen LogP contribution in [0.15, 0.2) is 194 Å². The van der Waals surface area contributed by atoms with Gasteiger partial charge in [0.1, 0.15) is 0 Å². The molecule has 0 unspecified atom stereocenters. The summed E-state index contributed by atoms with van der Waals surface area (Å²) in [6, 6.07) is 70.4. The molecule has 0 aromatic heterocycles. The van der Waals surface area contributed by atoms with E-state index in [1.807, 2.05) is 6.07 Å². The van der Waals surface area contributed by atoms with E-state index in [-0.39, 0.29) is 0 Å². The molecule has 0 amide bonds. The van der Waals surface area contributed by atoms with Crippen LogP contribution in [0.1, 0.15) is 0 Å². The molecular weight excluding hydrogens is 547 g/mol. The Morgan fingerprint density at radius 1 is 0.295 bits per heavy atom. The molecule has 7 aromatic carbocycles. The second kappa shape index (κ2) is 12.4. The number of nitrogens with one attached hydrogen (secondary N) is 1. The first-order chi connectivity index (χ1) is 21.8. The third-order valence-electron chi connectivity index (χ3n) is 8.45. The molecule has 0 saturated carbocycles. The van der Waals surface area contributed by atoms with Crippen LogP contribution in [-0.2, 0) is 0 Å². The first-order valence-corrected chi connectivity index (χ1v) is 17.1. The molecule has 1 nitrogen and oxygen atoms in total. The minimum atomic E-state index is -2.64. The zero-order valence-electron chi connectivity index (χ0n) is 24.5. The smallest absolute Gasteiger partial charge is 0.179 e. The number of anilines is 2. The third kappa shape index (κ3) is 5.28. The van der Waals surface area contributed by atoms with Crippen LogP contribution in [0.25, 0.3) is 22.3 Å². The van der Waals surface area contributed by atoms with Crippen LogP contribution in [-0.4, -0.2) is 8.07 Å².